The largest absolute Gasteiger partial charge is 0.391 e. The molecule has 1 unspecified atom stereocenters. The Morgan fingerprint density at radius 1 is 1.07 bits per heavy atom. The summed E-state index contributed by atoms with van der Waals surface area (Å²) in [4.78, 5) is 15.1. The number of aliphatic hydroxyl groups excluding tert-OH is 1. The van der Waals surface area contributed by atoms with Gasteiger partial charge in [-0.2, -0.15) is 0 Å². The van der Waals surface area contributed by atoms with Crippen LogP contribution in [0.3, 0.4) is 0 Å². The summed E-state index contributed by atoms with van der Waals surface area (Å²) in [5.41, 5.74) is 0.481. The minimum absolute atomic E-state index is 0.161. The number of hydrogen-bond donors (Lipinski definition) is 1. The van der Waals surface area contributed by atoms with E-state index in [0.717, 1.165) is 57.4 Å². The van der Waals surface area contributed by atoms with E-state index >= 15 is 0 Å². The molecule has 0 radical (unpaired) electrons. The van der Waals surface area contributed by atoms with Crippen molar-refractivity contribution in [2.75, 3.05) is 32.2 Å². The zero-order valence-electron chi connectivity index (χ0n) is 18.8. The topological polar surface area (TPSA) is 49.8 Å². The number of morpholine rings is 1. The molecule has 1 N–H and O–H groups in total. The van der Waals surface area contributed by atoms with Gasteiger partial charge in [-0.15, -0.1) is 11.6 Å². The van der Waals surface area contributed by atoms with Crippen LogP contribution in [0.25, 0.3) is 0 Å². The molecule has 30 heavy (non-hydrogen) atoms. The number of Topliss-reactive ketones (excluding diaryl/α,β-unsaturated/α-hetero) is 1. The van der Waals surface area contributed by atoms with E-state index in [1.165, 1.54) is 32.1 Å². The van der Waals surface area contributed by atoms with E-state index in [1.807, 2.05) is 0 Å². The summed E-state index contributed by atoms with van der Waals surface area (Å²) >= 11 is 5.99. The molecule has 4 aliphatic carbocycles. The van der Waals surface area contributed by atoms with Crippen LogP contribution in [-0.4, -0.2) is 60.1 Å². The Hall–Kier alpha value is -0.160. The van der Waals surface area contributed by atoms with Crippen molar-refractivity contribution in [3.05, 3.63) is 0 Å². The lowest BCUT2D eigenvalue weighted by Crippen LogP contribution is -2.60. The quantitative estimate of drug-likeness (QED) is 0.674. The summed E-state index contributed by atoms with van der Waals surface area (Å²) in [6.45, 7) is 8.48. The number of ether oxygens (including phenoxy) is 1. The Morgan fingerprint density at radius 2 is 1.80 bits per heavy atom. The summed E-state index contributed by atoms with van der Waals surface area (Å²) in [7, 11) is 0. The molecule has 5 heteroatoms. The van der Waals surface area contributed by atoms with E-state index in [2.05, 4.69) is 18.7 Å². The minimum Gasteiger partial charge on any atom is -0.391 e. The van der Waals surface area contributed by atoms with Crippen molar-refractivity contribution in [2.24, 2.45) is 40.4 Å². The Bertz CT molecular complexity index is 667. The van der Waals surface area contributed by atoms with Gasteiger partial charge in [0, 0.05) is 25.0 Å². The molecule has 0 amide bonds. The number of nitrogens with zero attached hydrogens (tertiary/aromatic N) is 1. The monoisotopic (exact) mass is 437 g/mol. The molecule has 170 valence electrons. The number of alkyl halides is 1. The van der Waals surface area contributed by atoms with E-state index in [0.29, 0.717) is 17.3 Å². The second-order valence-electron chi connectivity index (χ2n) is 11.7. The van der Waals surface area contributed by atoms with Gasteiger partial charge in [-0.25, -0.2) is 0 Å². The number of hydrogen-bond acceptors (Lipinski definition) is 4. The van der Waals surface area contributed by atoms with Crippen molar-refractivity contribution in [1.82, 2.24) is 4.90 Å². The molecule has 1 heterocycles. The van der Waals surface area contributed by atoms with Crippen molar-refractivity contribution in [1.29, 1.82) is 0 Å². The molecular weight excluding hydrogens is 398 g/mol. The van der Waals surface area contributed by atoms with Gasteiger partial charge < -0.3 is 9.84 Å². The lowest BCUT2D eigenvalue weighted by atomic mass is 9.44. The number of aliphatic hydroxyl groups is 1. The third-order valence-corrected chi connectivity index (χ3v) is 11.0. The van der Waals surface area contributed by atoms with Crippen molar-refractivity contribution < 1.29 is 14.6 Å². The molecule has 9 atom stereocenters. The fraction of sp³-hybridized carbons (Fsp3) is 0.960. The van der Waals surface area contributed by atoms with Crippen LogP contribution < -0.4 is 0 Å². The van der Waals surface area contributed by atoms with Crippen LogP contribution in [0.4, 0.5) is 0 Å². The third-order valence-electron chi connectivity index (χ3n) is 10.7. The number of fused-ring (bicyclic) bond motifs is 5. The average molecular weight is 438 g/mol. The maximum atomic E-state index is 12.6. The highest BCUT2D eigenvalue weighted by molar-refractivity contribution is 6.28. The van der Waals surface area contributed by atoms with Gasteiger partial charge in [0.25, 0.3) is 0 Å². The predicted molar refractivity (Wildman–Crippen MR) is 119 cm³/mol. The van der Waals surface area contributed by atoms with Gasteiger partial charge in [0.2, 0.25) is 0 Å². The molecule has 0 aromatic carbocycles. The fourth-order valence-electron chi connectivity index (χ4n) is 9.18. The fourth-order valence-corrected chi connectivity index (χ4v) is 9.37. The Balaban J connectivity index is 1.39. The SMILES string of the molecule is C[C@]12C[C@H](N3CCOCC3)[C@@H](O)C[C@@H]1CC[C@@H]1[C@@H]2CC[C@]2(C)C(C(=O)CCl)CC[C@@H]12. The Kier molecular flexibility index (Phi) is 5.78. The smallest absolute Gasteiger partial charge is 0.151 e. The van der Waals surface area contributed by atoms with Crippen molar-refractivity contribution >= 4 is 17.4 Å². The molecule has 4 nitrogen and oxygen atoms in total. The van der Waals surface area contributed by atoms with Crippen molar-refractivity contribution in [3.63, 3.8) is 0 Å². The average Bonchev–Trinajstić information content (AvgIpc) is 3.11. The number of rotatable bonds is 3. The number of ketones is 1. The maximum Gasteiger partial charge on any atom is 0.151 e. The van der Waals surface area contributed by atoms with Gasteiger partial charge in [-0.1, -0.05) is 13.8 Å². The number of halogens is 1. The highest BCUT2D eigenvalue weighted by Gasteiger charge is 2.62. The van der Waals surface area contributed by atoms with Crippen LogP contribution in [0.5, 0.6) is 0 Å². The molecule has 5 rings (SSSR count). The Morgan fingerprint density at radius 3 is 2.53 bits per heavy atom. The van der Waals surface area contributed by atoms with Gasteiger partial charge in [0.15, 0.2) is 5.78 Å². The lowest BCUT2D eigenvalue weighted by Gasteiger charge is -2.62. The minimum atomic E-state index is -0.191. The number of carbonyl (C=O) groups is 1. The summed E-state index contributed by atoms with van der Waals surface area (Å²) < 4.78 is 5.58. The first-order chi connectivity index (χ1) is 14.4. The molecule has 1 aliphatic heterocycles. The van der Waals surface area contributed by atoms with Crippen LogP contribution in [0.2, 0.25) is 0 Å². The maximum absolute atomic E-state index is 12.6. The molecule has 1 saturated heterocycles. The third kappa shape index (κ3) is 3.23. The zero-order chi connectivity index (χ0) is 21.1. The lowest BCUT2D eigenvalue weighted by molar-refractivity contribution is -0.156. The summed E-state index contributed by atoms with van der Waals surface area (Å²) in [6.07, 6.45) is 9.15. The van der Waals surface area contributed by atoms with E-state index in [1.54, 1.807) is 0 Å². The van der Waals surface area contributed by atoms with Gasteiger partial charge in [0.1, 0.15) is 0 Å². The molecule has 0 aromatic heterocycles. The first-order valence-electron chi connectivity index (χ1n) is 12.5. The standard InChI is InChI=1S/C25H40ClNO3/c1-24-8-7-19-17(18(24)5-6-20(24)23(29)15-26)4-3-16-13-22(28)21(14-25(16,19)2)27-9-11-30-12-10-27/h16-22,28H,3-15H2,1-2H3/t16-,17-,18-,19-,20?,21-,22-,24-,25-/m0/s1. The van der Waals surface area contributed by atoms with Crippen LogP contribution >= 0.6 is 11.6 Å². The zero-order valence-corrected chi connectivity index (χ0v) is 19.6. The van der Waals surface area contributed by atoms with E-state index < -0.39 is 0 Å². The number of carbonyl (C=O) groups excluding carboxylic acids is 1. The summed E-state index contributed by atoms with van der Waals surface area (Å²) in [6, 6.07) is 0.288. The van der Waals surface area contributed by atoms with Crippen molar-refractivity contribution in [2.45, 2.75) is 77.4 Å². The van der Waals surface area contributed by atoms with Gasteiger partial charge in [0.05, 0.1) is 25.2 Å². The molecule has 5 fully saturated rings. The second-order valence-corrected chi connectivity index (χ2v) is 11.9. The predicted octanol–water partition coefficient (Wildman–Crippen LogP) is 4.12. The van der Waals surface area contributed by atoms with E-state index in [4.69, 9.17) is 16.3 Å². The molecule has 0 bridgehead atoms. The summed E-state index contributed by atoms with van der Waals surface area (Å²) in [5.74, 6) is 3.47. The molecule has 0 aromatic rings. The Labute approximate surface area is 187 Å². The first kappa shape index (κ1) is 21.7. The van der Waals surface area contributed by atoms with Gasteiger partial charge in [-0.05, 0) is 85.9 Å². The van der Waals surface area contributed by atoms with Crippen LogP contribution in [0, 0.1) is 40.4 Å². The highest BCUT2D eigenvalue weighted by atomic mass is 35.5. The van der Waals surface area contributed by atoms with Gasteiger partial charge >= 0.3 is 0 Å². The van der Waals surface area contributed by atoms with Crippen LogP contribution in [-0.2, 0) is 9.53 Å². The molecule has 4 saturated carbocycles. The highest BCUT2D eigenvalue weighted by Crippen LogP contribution is 2.67. The molecule has 5 aliphatic rings. The second kappa shape index (κ2) is 8.01. The van der Waals surface area contributed by atoms with Crippen LogP contribution in [0.1, 0.15) is 65.2 Å². The molecular formula is C25H40ClNO3. The molecule has 0 spiro atoms. The van der Waals surface area contributed by atoms with E-state index in [-0.39, 0.29) is 35.1 Å². The van der Waals surface area contributed by atoms with Crippen molar-refractivity contribution in [3.8, 4) is 0 Å². The van der Waals surface area contributed by atoms with Gasteiger partial charge in [-0.3, -0.25) is 9.69 Å². The van der Waals surface area contributed by atoms with E-state index in [9.17, 15) is 9.90 Å². The first-order valence-corrected chi connectivity index (χ1v) is 13.0. The normalized spacial score (nSPS) is 51.7. The van der Waals surface area contributed by atoms with Crippen LogP contribution in [0.15, 0.2) is 0 Å². The summed E-state index contributed by atoms with van der Waals surface area (Å²) in [5, 5.41) is 11.1.